The first-order valence-electron chi connectivity index (χ1n) is 8.39. The van der Waals surface area contributed by atoms with Gasteiger partial charge in [0.15, 0.2) is 0 Å². The second-order valence-corrected chi connectivity index (χ2v) is 6.42. The van der Waals surface area contributed by atoms with E-state index in [4.69, 9.17) is 9.15 Å². The topological polar surface area (TPSA) is 61.4 Å². The lowest BCUT2D eigenvalue weighted by Gasteiger charge is -2.14. The minimum atomic E-state index is -0.793. The molecule has 2 atom stereocenters. The summed E-state index contributed by atoms with van der Waals surface area (Å²) in [5.74, 6) is -0.753. The Kier molecular flexibility index (Phi) is 3.71. The zero-order valence-electron chi connectivity index (χ0n) is 14.2. The number of carbonyl (C=O) groups is 2. The molecule has 0 bridgehead atoms. The monoisotopic (exact) mass is 337 g/mol. The maximum atomic E-state index is 13.2. The van der Waals surface area contributed by atoms with Crippen LogP contribution in [-0.2, 0) is 9.53 Å². The standard InChI is InChI=1S/C20H19NO4/c1-12-13-6-3-4-7-16(13)21-18(12)14(17-8-5-11-25-17)9-10-15(19(21)22)20(23)24-2/h3-8,11,14-15H,9-10H2,1-2H3/t14-,15-/m0/s1. The Morgan fingerprint density at radius 2 is 2.00 bits per heavy atom. The third-order valence-electron chi connectivity index (χ3n) is 5.14. The number of aromatic nitrogens is 1. The summed E-state index contributed by atoms with van der Waals surface area (Å²) in [4.78, 5) is 25.4. The third-order valence-corrected chi connectivity index (χ3v) is 5.14. The predicted molar refractivity (Wildman–Crippen MR) is 92.6 cm³/mol. The molecule has 0 N–H and O–H groups in total. The van der Waals surface area contributed by atoms with Gasteiger partial charge in [0.05, 0.1) is 24.8 Å². The van der Waals surface area contributed by atoms with Crippen molar-refractivity contribution in [2.24, 2.45) is 5.92 Å². The van der Waals surface area contributed by atoms with Gasteiger partial charge in [0.25, 0.3) is 0 Å². The van der Waals surface area contributed by atoms with Gasteiger partial charge >= 0.3 is 5.97 Å². The van der Waals surface area contributed by atoms with Crippen LogP contribution in [0.3, 0.4) is 0 Å². The van der Waals surface area contributed by atoms with Crippen molar-refractivity contribution < 1.29 is 18.7 Å². The fourth-order valence-electron chi connectivity index (χ4n) is 3.95. The van der Waals surface area contributed by atoms with Gasteiger partial charge in [0.2, 0.25) is 5.91 Å². The highest BCUT2D eigenvalue weighted by atomic mass is 16.5. The molecule has 1 aromatic carbocycles. The van der Waals surface area contributed by atoms with Gasteiger partial charge in [-0.25, -0.2) is 0 Å². The molecule has 3 heterocycles. The maximum absolute atomic E-state index is 13.2. The highest BCUT2D eigenvalue weighted by Crippen LogP contribution is 2.41. The van der Waals surface area contributed by atoms with Gasteiger partial charge in [0.1, 0.15) is 11.7 Å². The fourth-order valence-corrected chi connectivity index (χ4v) is 3.95. The molecule has 128 valence electrons. The molecule has 0 spiro atoms. The minimum Gasteiger partial charge on any atom is -0.469 e. The number of benzene rings is 1. The molecule has 25 heavy (non-hydrogen) atoms. The second-order valence-electron chi connectivity index (χ2n) is 6.42. The average molecular weight is 337 g/mol. The van der Waals surface area contributed by atoms with Gasteiger partial charge in [-0.05, 0) is 43.5 Å². The Bertz CT molecular complexity index is 952. The van der Waals surface area contributed by atoms with Crippen LogP contribution in [0.4, 0.5) is 0 Å². The molecule has 3 aromatic rings. The number of esters is 1. The molecule has 0 radical (unpaired) electrons. The van der Waals surface area contributed by atoms with Crippen molar-refractivity contribution in [1.29, 1.82) is 0 Å². The smallest absolute Gasteiger partial charge is 0.318 e. The van der Waals surface area contributed by atoms with Crippen molar-refractivity contribution in [3.05, 3.63) is 59.7 Å². The number of hydrogen-bond donors (Lipinski definition) is 0. The summed E-state index contributed by atoms with van der Waals surface area (Å²) < 4.78 is 12.2. The van der Waals surface area contributed by atoms with Crippen LogP contribution in [-0.4, -0.2) is 23.6 Å². The summed E-state index contributed by atoms with van der Waals surface area (Å²) in [5.41, 5.74) is 2.79. The van der Waals surface area contributed by atoms with Gasteiger partial charge in [-0.3, -0.25) is 14.2 Å². The van der Waals surface area contributed by atoms with E-state index in [0.29, 0.717) is 12.8 Å². The van der Waals surface area contributed by atoms with Crippen molar-refractivity contribution in [3.63, 3.8) is 0 Å². The van der Waals surface area contributed by atoms with E-state index in [1.54, 1.807) is 10.8 Å². The molecule has 0 unspecified atom stereocenters. The van der Waals surface area contributed by atoms with E-state index in [2.05, 4.69) is 0 Å². The number of furan rings is 1. The first-order chi connectivity index (χ1) is 12.1. The molecule has 0 saturated heterocycles. The molecular formula is C20H19NO4. The zero-order chi connectivity index (χ0) is 17.6. The van der Waals surface area contributed by atoms with Gasteiger partial charge in [-0.1, -0.05) is 18.2 Å². The summed E-state index contributed by atoms with van der Waals surface area (Å²) in [6.07, 6.45) is 2.73. The lowest BCUT2D eigenvalue weighted by molar-refractivity contribution is -0.144. The molecule has 1 aliphatic heterocycles. The quantitative estimate of drug-likeness (QED) is 0.526. The zero-order valence-corrected chi connectivity index (χ0v) is 14.2. The predicted octanol–water partition coefficient (Wildman–Crippen LogP) is 3.90. The summed E-state index contributed by atoms with van der Waals surface area (Å²) in [6.45, 7) is 2.02. The lowest BCUT2D eigenvalue weighted by atomic mass is 9.91. The Morgan fingerprint density at radius 1 is 1.20 bits per heavy atom. The highest BCUT2D eigenvalue weighted by Gasteiger charge is 2.38. The van der Waals surface area contributed by atoms with Gasteiger partial charge in [-0.15, -0.1) is 0 Å². The van der Waals surface area contributed by atoms with Crippen molar-refractivity contribution >= 4 is 22.8 Å². The number of rotatable bonds is 2. The number of aryl methyl sites for hydroxylation is 1. The van der Waals surface area contributed by atoms with Crippen LogP contribution >= 0.6 is 0 Å². The van der Waals surface area contributed by atoms with Crippen molar-refractivity contribution in [3.8, 4) is 0 Å². The summed E-state index contributed by atoms with van der Waals surface area (Å²) in [7, 11) is 1.32. The van der Waals surface area contributed by atoms with Crippen LogP contribution in [0.2, 0.25) is 0 Å². The van der Waals surface area contributed by atoms with Crippen LogP contribution in [0.1, 0.15) is 40.6 Å². The van der Waals surface area contributed by atoms with Crippen molar-refractivity contribution in [2.75, 3.05) is 7.11 Å². The fraction of sp³-hybridized carbons (Fsp3) is 0.300. The molecule has 4 rings (SSSR count). The molecule has 1 aliphatic rings. The van der Waals surface area contributed by atoms with Crippen LogP contribution in [0.25, 0.3) is 10.9 Å². The number of fused-ring (bicyclic) bond motifs is 3. The van der Waals surface area contributed by atoms with Gasteiger partial charge in [0, 0.05) is 11.1 Å². The van der Waals surface area contributed by atoms with E-state index >= 15 is 0 Å². The first-order valence-corrected chi connectivity index (χ1v) is 8.39. The van der Waals surface area contributed by atoms with Crippen LogP contribution in [0, 0.1) is 12.8 Å². The molecule has 0 amide bonds. The Balaban J connectivity index is 2.00. The largest absolute Gasteiger partial charge is 0.469 e. The first kappa shape index (κ1) is 15.7. The average Bonchev–Trinajstić information content (AvgIpc) is 3.22. The van der Waals surface area contributed by atoms with E-state index in [0.717, 1.165) is 27.9 Å². The van der Waals surface area contributed by atoms with Crippen LogP contribution in [0.5, 0.6) is 0 Å². The Morgan fingerprint density at radius 3 is 2.72 bits per heavy atom. The molecule has 0 fully saturated rings. The van der Waals surface area contributed by atoms with E-state index in [1.165, 1.54) is 7.11 Å². The van der Waals surface area contributed by atoms with Gasteiger partial charge < -0.3 is 9.15 Å². The van der Waals surface area contributed by atoms with Gasteiger partial charge in [-0.2, -0.15) is 0 Å². The number of para-hydroxylation sites is 1. The SMILES string of the molecule is COC(=O)[C@H]1CC[C@@H](c2ccco2)c2c(C)c3ccccc3n2C1=O. The molecular weight excluding hydrogens is 318 g/mol. The minimum absolute atomic E-state index is 0.0685. The lowest BCUT2D eigenvalue weighted by Crippen LogP contribution is -2.29. The van der Waals surface area contributed by atoms with E-state index in [-0.39, 0.29) is 11.8 Å². The van der Waals surface area contributed by atoms with E-state index < -0.39 is 11.9 Å². The summed E-state index contributed by atoms with van der Waals surface area (Å²) >= 11 is 0. The van der Waals surface area contributed by atoms with Crippen molar-refractivity contribution in [2.45, 2.75) is 25.7 Å². The Labute approximate surface area is 145 Å². The molecule has 2 aromatic heterocycles. The van der Waals surface area contributed by atoms with Crippen LogP contribution in [0.15, 0.2) is 47.1 Å². The second kappa shape index (κ2) is 5.92. The number of nitrogens with zero attached hydrogens (tertiary/aromatic N) is 1. The molecule has 0 saturated carbocycles. The number of hydrogen-bond acceptors (Lipinski definition) is 4. The van der Waals surface area contributed by atoms with E-state index in [9.17, 15) is 9.59 Å². The summed E-state index contributed by atoms with van der Waals surface area (Å²) in [5, 5.41) is 1.02. The Hall–Kier alpha value is -2.82. The highest BCUT2D eigenvalue weighted by molar-refractivity contribution is 6.05. The molecule has 0 aliphatic carbocycles. The third kappa shape index (κ3) is 2.30. The molecule has 5 heteroatoms. The normalized spacial score (nSPS) is 20.3. The summed E-state index contributed by atoms with van der Waals surface area (Å²) in [6, 6.07) is 11.6. The van der Waals surface area contributed by atoms with Crippen LogP contribution < -0.4 is 0 Å². The number of ether oxygens (including phenoxy) is 1. The number of methoxy groups -OCH3 is 1. The van der Waals surface area contributed by atoms with Crippen molar-refractivity contribution in [1.82, 2.24) is 4.57 Å². The number of carbonyl (C=O) groups excluding carboxylic acids is 2. The molecule has 5 nitrogen and oxygen atoms in total. The maximum Gasteiger partial charge on any atom is 0.318 e. The van der Waals surface area contributed by atoms with E-state index in [1.807, 2.05) is 43.3 Å².